The van der Waals surface area contributed by atoms with Gasteiger partial charge in [-0.15, -0.1) is 0 Å². The summed E-state index contributed by atoms with van der Waals surface area (Å²) in [4.78, 5) is 13.7. The highest BCUT2D eigenvalue weighted by Crippen LogP contribution is 2.38. The minimum absolute atomic E-state index is 0.0677. The summed E-state index contributed by atoms with van der Waals surface area (Å²) in [7, 11) is 0. The third kappa shape index (κ3) is 6.67. The van der Waals surface area contributed by atoms with Gasteiger partial charge in [0.25, 0.3) is 0 Å². The predicted molar refractivity (Wildman–Crippen MR) is 148 cm³/mol. The molecule has 0 bridgehead atoms. The van der Waals surface area contributed by atoms with Crippen LogP contribution < -0.4 is 14.2 Å². The second-order valence-electron chi connectivity index (χ2n) is 9.84. The Labute approximate surface area is 227 Å². The van der Waals surface area contributed by atoms with Gasteiger partial charge in [0.05, 0.1) is 35.0 Å². The Morgan fingerprint density at radius 3 is 0.923 bits per heavy atom. The van der Waals surface area contributed by atoms with Crippen molar-refractivity contribution in [3.63, 3.8) is 0 Å². The Balaban J connectivity index is 1.86. The third-order valence-corrected chi connectivity index (χ3v) is 5.38. The molecular weight excluding hydrogens is 498 g/mol. The lowest BCUT2D eigenvalue weighted by molar-refractivity contribution is 0.241. The van der Waals surface area contributed by atoms with Crippen LogP contribution in [0.5, 0.6) is 34.5 Å². The van der Waals surface area contributed by atoms with Crippen LogP contribution in [0.1, 0.15) is 41.5 Å². The molecule has 3 N–H and O–H groups in total. The summed E-state index contributed by atoms with van der Waals surface area (Å²) in [6, 6.07) is 14.5. The number of hydrogen-bond donors (Lipinski definition) is 3. The maximum atomic E-state index is 10.8. The van der Waals surface area contributed by atoms with E-state index in [0.717, 1.165) is 0 Å². The average Bonchev–Trinajstić information content (AvgIpc) is 2.83. The zero-order chi connectivity index (χ0) is 28.3. The minimum atomic E-state index is -0.0916. The molecule has 1 aromatic heterocycles. The number of phenols is 3. The Morgan fingerprint density at radius 1 is 0.462 bits per heavy atom. The number of aromatic nitrogens is 3. The maximum absolute atomic E-state index is 10.8. The molecule has 0 spiro atoms. The summed E-state index contributed by atoms with van der Waals surface area (Å²) in [6.07, 6.45) is -0.203. The van der Waals surface area contributed by atoms with E-state index in [0.29, 0.717) is 33.9 Å². The molecule has 0 aliphatic carbocycles. The van der Waals surface area contributed by atoms with Crippen molar-refractivity contribution in [2.24, 2.45) is 0 Å². The van der Waals surface area contributed by atoms with E-state index in [1.165, 1.54) is 18.2 Å². The van der Waals surface area contributed by atoms with Gasteiger partial charge in [0.15, 0.2) is 17.5 Å². The Kier molecular flexibility index (Phi) is 8.09. The van der Waals surface area contributed by atoms with Crippen molar-refractivity contribution in [1.29, 1.82) is 0 Å². The molecule has 0 atom stereocenters. The molecule has 3 aromatic carbocycles. The molecule has 0 radical (unpaired) electrons. The van der Waals surface area contributed by atoms with Crippen molar-refractivity contribution in [1.82, 2.24) is 15.0 Å². The largest absolute Gasteiger partial charge is 0.507 e. The zero-order valence-corrected chi connectivity index (χ0v) is 22.8. The average molecular weight is 532 g/mol. The Morgan fingerprint density at radius 2 is 0.718 bits per heavy atom. The molecule has 0 unspecified atom stereocenters. The van der Waals surface area contributed by atoms with Gasteiger partial charge in [0.2, 0.25) is 0 Å². The van der Waals surface area contributed by atoms with E-state index in [2.05, 4.69) is 15.0 Å². The fourth-order valence-electron chi connectivity index (χ4n) is 3.88. The highest BCUT2D eigenvalue weighted by Gasteiger charge is 2.19. The van der Waals surface area contributed by atoms with Crippen LogP contribution in [0.25, 0.3) is 34.2 Å². The van der Waals surface area contributed by atoms with Gasteiger partial charge in [-0.2, -0.15) is 0 Å². The molecule has 9 nitrogen and oxygen atoms in total. The summed E-state index contributed by atoms with van der Waals surface area (Å²) < 4.78 is 17.0. The summed E-state index contributed by atoms with van der Waals surface area (Å²) in [6.45, 7) is 11.4. The summed E-state index contributed by atoms with van der Waals surface area (Å²) >= 11 is 0. The van der Waals surface area contributed by atoms with E-state index in [9.17, 15) is 15.3 Å². The lowest BCUT2D eigenvalue weighted by atomic mass is 10.1. The molecule has 0 saturated carbocycles. The summed E-state index contributed by atoms with van der Waals surface area (Å²) in [5, 5.41) is 32.5. The van der Waals surface area contributed by atoms with Crippen LogP contribution >= 0.6 is 0 Å². The van der Waals surface area contributed by atoms with Crippen LogP contribution in [0.15, 0.2) is 54.6 Å². The lowest BCUT2D eigenvalue weighted by Crippen LogP contribution is -2.06. The van der Waals surface area contributed by atoms with E-state index < -0.39 is 0 Å². The van der Waals surface area contributed by atoms with Gasteiger partial charge < -0.3 is 29.5 Å². The number of benzene rings is 3. The number of rotatable bonds is 9. The van der Waals surface area contributed by atoms with E-state index in [1.54, 1.807) is 36.4 Å². The molecule has 4 aromatic rings. The second kappa shape index (κ2) is 11.5. The molecule has 0 saturated heterocycles. The number of aromatic hydroxyl groups is 3. The van der Waals surface area contributed by atoms with E-state index >= 15 is 0 Å². The molecule has 4 rings (SSSR count). The van der Waals surface area contributed by atoms with Gasteiger partial charge in [0, 0.05) is 18.2 Å². The molecule has 0 amide bonds. The van der Waals surface area contributed by atoms with Crippen LogP contribution in [0, 0.1) is 0 Å². The van der Waals surface area contributed by atoms with Crippen molar-refractivity contribution < 1.29 is 29.5 Å². The fraction of sp³-hybridized carbons (Fsp3) is 0.300. The minimum Gasteiger partial charge on any atom is -0.507 e. The third-order valence-electron chi connectivity index (χ3n) is 5.38. The van der Waals surface area contributed by atoms with Gasteiger partial charge in [-0.1, -0.05) is 0 Å². The maximum Gasteiger partial charge on any atom is 0.167 e. The van der Waals surface area contributed by atoms with Crippen molar-refractivity contribution in [3.05, 3.63) is 54.6 Å². The van der Waals surface area contributed by atoms with E-state index in [4.69, 9.17) is 14.2 Å². The van der Waals surface area contributed by atoms with Gasteiger partial charge in [-0.3, -0.25) is 0 Å². The van der Waals surface area contributed by atoms with Crippen molar-refractivity contribution >= 4 is 0 Å². The standard InChI is InChI=1S/C30H33N3O6/c1-16(2)37-19-7-10-22(25(34)13-19)28-31-29(23-11-8-20(14-26(23)35)38-17(3)4)33-30(32-28)24-12-9-21(15-27(24)36)39-18(5)6/h7-18,34-36H,1-6H3. The SMILES string of the molecule is CC(C)Oc1ccc(-c2nc(-c3ccc(OC(C)C)cc3O)nc(-c3ccc(OC(C)C)cc3O)n2)c(O)c1. The highest BCUT2D eigenvalue weighted by molar-refractivity contribution is 5.74. The van der Waals surface area contributed by atoms with Crippen molar-refractivity contribution in [2.75, 3.05) is 0 Å². The van der Waals surface area contributed by atoms with Gasteiger partial charge in [-0.05, 0) is 77.9 Å². The van der Waals surface area contributed by atoms with Crippen LogP contribution in [0.3, 0.4) is 0 Å². The molecule has 0 aliphatic heterocycles. The number of phenolic OH excluding ortho intramolecular Hbond substituents is 3. The first-order valence-electron chi connectivity index (χ1n) is 12.8. The highest BCUT2D eigenvalue weighted by atomic mass is 16.5. The van der Waals surface area contributed by atoms with Crippen molar-refractivity contribution in [3.8, 4) is 68.7 Å². The lowest BCUT2D eigenvalue weighted by Gasteiger charge is -2.14. The number of ether oxygens (including phenoxy) is 3. The molecule has 204 valence electrons. The zero-order valence-electron chi connectivity index (χ0n) is 22.8. The van der Waals surface area contributed by atoms with Gasteiger partial charge in [-0.25, -0.2) is 15.0 Å². The van der Waals surface area contributed by atoms with Crippen molar-refractivity contribution in [2.45, 2.75) is 59.9 Å². The summed E-state index contributed by atoms with van der Waals surface area (Å²) in [5.41, 5.74) is 0.985. The first-order chi connectivity index (χ1) is 18.5. The van der Waals surface area contributed by atoms with E-state index in [-0.39, 0.29) is 53.0 Å². The predicted octanol–water partition coefficient (Wildman–Crippen LogP) is 6.35. The first-order valence-corrected chi connectivity index (χ1v) is 12.8. The Bertz CT molecular complexity index is 1280. The van der Waals surface area contributed by atoms with Gasteiger partial charge >= 0.3 is 0 Å². The molecular formula is C30H33N3O6. The topological polar surface area (TPSA) is 127 Å². The van der Waals surface area contributed by atoms with Crippen LogP contribution in [0.4, 0.5) is 0 Å². The molecule has 9 heteroatoms. The van der Waals surface area contributed by atoms with Crippen LogP contribution in [-0.4, -0.2) is 48.6 Å². The Hall–Kier alpha value is -4.53. The molecule has 1 heterocycles. The molecule has 0 fully saturated rings. The monoisotopic (exact) mass is 531 g/mol. The summed E-state index contributed by atoms with van der Waals surface area (Å²) in [5.74, 6) is 1.66. The first kappa shape index (κ1) is 27.5. The molecule has 0 aliphatic rings. The fourth-order valence-corrected chi connectivity index (χ4v) is 3.88. The second-order valence-corrected chi connectivity index (χ2v) is 9.84. The number of hydrogen-bond acceptors (Lipinski definition) is 9. The van der Waals surface area contributed by atoms with Gasteiger partial charge in [0.1, 0.15) is 34.5 Å². The van der Waals surface area contributed by atoms with Crippen LogP contribution in [0.2, 0.25) is 0 Å². The van der Waals surface area contributed by atoms with Crippen LogP contribution in [-0.2, 0) is 0 Å². The molecule has 39 heavy (non-hydrogen) atoms. The smallest absolute Gasteiger partial charge is 0.167 e. The number of nitrogens with zero attached hydrogens (tertiary/aromatic N) is 3. The normalized spacial score (nSPS) is 11.3. The van der Waals surface area contributed by atoms with E-state index in [1.807, 2.05) is 41.5 Å². The quantitative estimate of drug-likeness (QED) is 0.226.